The van der Waals surface area contributed by atoms with Crippen LogP contribution >= 0.6 is 11.8 Å². The van der Waals surface area contributed by atoms with Gasteiger partial charge in [0.1, 0.15) is 11.3 Å². The van der Waals surface area contributed by atoms with Crippen molar-refractivity contribution in [1.29, 1.82) is 0 Å². The van der Waals surface area contributed by atoms with Crippen molar-refractivity contribution < 1.29 is 0 Å². The maximum Gasteiger partial charge on any atom is 0.127 e. The van der Waals surface area contributed by atoms with E-state index in [2.05, 4.69) is 34.6 Å². The Bertz CT molecular complexity index is 521. The molecule has 5 heteroatoms. The SMILES string of the molecule is CSCCC(N)c1nc2cnccc2n1C(C)C. The predicted molar refractivity (Wildman–Crippen MR) is 77.8 cm³/mol. The number of imidazole rings is 1. The largest absolute Gasteiger partial charge is 0.324 e. The highest BCUT2D eigenvalue weighted by Crippen LogP contribution is 2.25. The molecule has 0 aliphatic carbocycles. The summed E-state index contributed by atoms with van der Waals surface area (Å²) in [5, 5.41) is 0. The molecule has 1 atom stereocenters. The van der Waals surface area contributed by atoms with Crippen molar-refractivity contribution in [3.05, 3.63) is 24.3 Å². The standard InChI is InChI=1S/C13H20N4S/c1-9(2)17-12-4-6-15-8-11(12)16-13(17)10(14)5-7-18-3/h4,6,8-10H,5,7,14H2,1-3H3. The molecule has 2 aromatic heterocycles. The van der Waals surface area contributed by atoms with E-state index in [1.54, 1.807) is 12.4 Å². The van der Waals surface area contributed by atoms with Gasteiger partial charge in [0, 0.05) is 12.2 Å². The minimum absolute atomic E-state index is 0.00718. The topological polar surface area (TPSA) is 56.7 Å². The van der Waals surface area contributed by atoms with E-state index in [4.69, 9.17) is 5.73 Å². The van der Waals surface area contributed by atoms with Crippen LogP contribution in [0, 0.1) is 0 Å². The van der Waals surface area contributed by atoms with Gasteiger partial charge in [-0.3, -0.25) is 4.98 Å². The van der Waals surface area contributed by atoms with Crippen molar-refractivity contribution in [3.8, 4) is 0 Å². The Morgan fingerprint density at radius 3 is 2.89 bits per heavy atom. The molecule has 2 N–H and O–H groups in total. The molecule has 4 nitrogen and oxygen atoms in total. The molecular formula is C13H20N4S. The number of hydrogen-bond acceptors (Lipinski definition) is 4. The van der Waals surface area contributed by atoms with E-state index in [1.165, 1.54) is 0 Å². The van der Waals surface area contributed by atoms with Gasteiger partial charge >= 0.3 is 0 Å². The molecule has 0 saturated carbocycles. The molecule has 0 spiro atoms. The fourth-order valence-corrected chi connectivity index (χ4v) is 2.64. The van der Waals surface area contributed by atoms with Gasteiger partial charge in [-0.25, -0.2) is 4.98 Å². The minimum Gasteiger partial charge on any atom is -0.324 e. The van der Waals surface area contributed by atoms with Crippen molar-refractivity contribution >= 4 is 22.8 Å². The highest BCUT2D eigenvalue weighted by atomic mass is 32.2. The molecule has 2 rings (SSSR count). The number of rotatable bonds is 5. The Balaban J connectivity index is 2.45. The first-order valence-corrected chi connectivity index (χ1v) is 7.61. The van der Waals surface area contributed by atoms with Crippen LogP contribution in [-0.4, -0.2) is 26.5 Å². The Morgan fingerprint density at radius 2 is 2.22 bits per heavy atom. The van der Waals surface area contributed by atoms with E-state index in [0.29, 0.717) is 6.04 Å². The average molecular weight is 264 g/mol. The van der Waals surface area contributed by atoms with E-state index in [0.717, 1.165) is 29.0 Å². The summed E-state index contributed by atoms with van der Waals surface area (Å²) >= 11 is 1.82. The zero-order valence-corrected chi connectivity index (χ0v) is 11.9. The summed E-state index contributed by atoms with van der Waals surface area (Å²) in [5.41, 5.74) is 8.32. The third-order valence-corrected chi connectivity index (χ3v) is 3.64. The Morgan fingerprint density at radius 1 is 1.44 bits per heavy atom. The van der Waals surface area contributed by atoms with E-state index < -0.39 is 0 Å². The first-order valence-electron chi connectivity index (χ1n) is 6.21. The van der Waals surface area contributed by atoms with Gasteiger partial charge in [0.25, 0.3) is 0 Å². The third kappa shape index (κ3) is 2.52. The van der Waals surface area contributed by atoms with Gasteiger partial charge in [-0.1, -0.05) is 0 Å². The van der Waals surface area contributed by atoms with E-state index in [-0.39, 0.29) is 6.04 Å². The quantitative estimate of drug-likeness (QED) is 0.902. The van der Waals surface area contributed by atoms with Gasteiger partial charge < -0.3 is 10.3 Å². The van der Waals surface area contributed by atoms with Gasteiger partial charge in [0.2, 0.25) is 0 Å². The summed E-state index contributed by atoms with van der Waals surface area (Å²) in [4.78, 5) is 8.78. The molecule has 18 heavy (non-hydrogen) atoms. The second-order valence-corrected chi connectivity index (χ2v) is 5.67. The molecule has 2 aromatic rings. The average Bonchev–Trinajstić information content (AvgIpc) is 2.75. The third-order valence-electron chi connectivity index (χ3n) is 3.00. The van der Waals surface area contributed by atoms with Crippen LogP contribution < -0.4 is 5.73 Å². The summed E-state index contributed by atoms with van der Waals surface area (Å²) in [6.45, 7) is 4.32. The number of thioether (sulfide) groups is 1. The summed E-state index contributed by atoms with van der Waals surface area (Å²) in [7, 11) is 0. The Kier molecular flexibility index (Phi) is 4.24. The molecule has 0 aliphatic rings. The molecule has 0 fully saturated rings. The van der Waals surface area contributed by atoms with Gasteiger partial charge in [0.15, 0.2) is 0 Å². The van der Waals surface area contributed by atoms with E-state index in [9.17, 15) is 0 Å². The van der Waals surface area contributed by atoms with Crippen LogP contribution in [0.5, 0.6) is 0 Å². The summed E-state index contributed by atoms with van der Waals surface area (Å²) in [6.07, 6.45) is 6.66. The highest BCUT2D eigenvalue weighted by molar-refractivity contribution is 7.98. The second-order valence-electron chi connectivity index (χ2n) is 4.69. The monoisotopic (exact) mass is 264 g/mol. The Hall–Kier alpha value is -1.07. The summed E-state index contributed by atoms with van der Waals surface area (Å²) in [6, 6.07) is 2.35. The molecular weight excluding hydrogens is 244 g/mol. The van der Waals surface area contributed by atoms with Crippen LogP contribution in [0.4, 0.5) is 0 Å². The van der Waals surface area contributed by atoms with Crippen molar-refractivity contribution in [2.75, 3.05) is 12.0 Å². The van der Waals surface area contributed by atoms with Gasteiger partial charge in [-0.2, -0.15) is 11.8 Å². The van der Waals surface area contributed by atoms with E-state index >= 15 is 0 Å². The highest BCUT2D eigenvalue weighted by Gasteiger charge is 2.18. The number of aromatic nitrogens is 3. The van der Waals surface area contributed by atoms with E-state index in [1.807, 2.05) is 17.8 Å². The maximum absolute atomic E-state index is 6.27. The van der Waals surface area contributed by atoms with Gasteiger partial charge in [0.05, 0.1) is 17.8 Å². The Labute approximate surface area is 112 Å². The van der Waals surface area contributed by atoms with Crippen molar-refractivity contribution in [1.82, 2.24) is 14.5 Å². The summed E-state index contributed by atoms with van der Waals surface area (Å²) < 4.78 is 2.22. The van der Waals surface area contributed by atoms with Crippen LogP contribution in [0.25, 0.3) is 11.0 Å². The lowest BCUT2D eigenvalue weighted by Crippen LogP contribution is -2.18. The number of nitrogens with two attached hydrogens (primary N) is 1. The fraction of sp³-hybridized carbons (Fsp3) is 0.538. The normalized spacial score (nSPS) is 13.4. The first-order chi connectivity index (χ1) is 8.65. The van der Waals surface area contributed by atoms with Crippen molar-refractivity contribution in [3.63, 3.8) is 0 Å². The van der Waals surface area contributed by atoms with Crippen LogP contribution in [0.15, 0.2) is 18.5 Å². The molecule has 2 heterocycles. The fourth-order valence-electron chi connectivity index (χ4n) is 2.15. The lowest BCUT2D eigenvalue weighted by Gasteiger charge is -2.17. The first kappa shape index (κ1) is 13.4. The van der Waals surface area contributed by atoms with Crippen LogP contribution in [0.3, 0.4) is 0 Å². The smallest absolute Gasteiger partial charge is 0.127 e. The molecule has 0 bridgehead atoms. The zero-order chi connectivity index (χ0) is 13.1. The van der Waals surface area contributed by atoms with Gasteiger partial charge in [-0.15, -0.1) is 0 Å². The zero-order valence-electron chi connectivity index (χ0n) is 11.1. The number of pyridine rings is 1. The molecule has 0 aromatic carbocycles. The van der Waals surface area contributed by atoms with Crippen molar-refractivity contribution in [2.45, 2.75) is 32.4 Å². The predicted octanol–water partition coefficient (Wildman–Crippen LogP) is 2.77. The van der Waals surface area contributed by atoms with Crippen molar-refractivity contribution in [2.24, 2.45) is 5.73 Å². The van der Waals surface area contributed by atoms with Crippen LogP contribution in [0.1, 0.15) is 38.2 Å². The molecule has 0 amide bonds. The van der Waals surface area contributed by atoms with Gasteiger partial charge in [-0.05, 0) is 38.3 Å². The van der Waals surface area contributed by atoms with Crippen LogP contribution in [-0.2, 0) is 0 Å². The summed E-state index contributed by atoms with van der Waals surface area (Å²) in [5.74, 6) is 2.03. The molecule has 0 radical (unpaired) electrons. The number of fused-ring (bicyclic) bond motifs is 1. The number of hydrogen-bond donors (Lipinski definition) is 1. The maximum atomic E-state index is 6.27. The molecule has 0 aliphatic heterocycles. The number of nitrogens with zero attached hydrogens (tertiary/aromatic N) is 3. The second kappa shape index (κ2) is 5.71. The van der Waals surface area contributed by atoms with Crippen LogP contribution in [0.2, 0.25) is 0 Å². The lowest BCUT2D eigenvalue weighted by molar-refractivity contribution is 0.536. The minimum atomic E-state index is -0.00718. The molecule has 98 valence electrons. The molecule has 1 unspecified atom stereocenters. The molecule has 0 saturated heterocycles. The lowest BCUT2D eigenvalue weighted by atomic mass is 10.2.